The van der Waals surface area contributed by atoms with Crippen molar-refractivity contribution in [3.05, 3.63) is 58.4 Å². The molecular weight excluding hydrogens is 251 g/mol. The van der Waals surface area contributed by atoms with Gasteiger partial charge in [0, 0.05) is 0 Å². The maximum atomic E-state index is 12.9. The highest BCUT2D eigenvalue weighted by molar-refractivity contribution is 6.32. The van der Waals surface area contributed by atoms with Crippen molar-refractivity contribution in [3.8, 4) is 11.5 Å². The van der Waals surface area contributed by atoms with Crippen LogP contribution in [0.4, 0.5) is 4.39 Å². The predicted molar refractivity (Wildman–Crippen MR) is 72.0 cm³/mol. The first kappa shape index (κ1) is 12.9. The van der Waals surface area contributed by atoms with E-state index < -0.39 is 0 Å². The van der Waals surface area contributed by atoms with Gasteiger partial charge in [0.15, 0.2) is 0 Å². The molecule has 2 aromatic rings. The molecule has 0 saturated heterocycles. The van der Waals surface area contributed by atoms with Gasteiger partial charge in [-0.15, -0.1) is 0 Å². The first-order chi connectivity index (χ1) is 8.60. The van der Waals surface area contributed by atoms with Crippen LogP contribution in [-0.2, 0) is 6.42 Å². The summed E-state index contributed by atoms with van der Waals surface area (Å²) in [7, 11) is 0. The molecule has 0 saturated carbocycles. The lowest BCUT2D eigenvalue weighted by atomic mass is 10.1. The van der Waals surface area contributed by atoms with Crippen LogP contribution < -0.4 is 4.74 Å². The van der Waals surface area contributed by atoms with E-state index in [9.17, 15) is 4.39 Å². The van der Waals surface area contributed by atoms with Gasteiger partial charge in [0.25, 0.3) is 0 Å². The Morgan fingerprint density at radius 3 is 2.61 bits per heavy atom. The fourth-order valence-electron chi connectivity index (χ4n) is 1.78. The van der Waals surface area contributed by atoms with Crippen LogP contribution in [0.1, 0.15) is 18.1 Å². The highest BCUT2D eigenvalue weighted by Gasteiger charge is 2.06. The fourth-order valence-corrected chi connectivity index (χ4v) is 1.98. The Balaban J connectivity index is 2.28. The topological polar surface area (TPSA) is 9.23 Å². The number of rotatable bonds is 3. The first-order valence-corrected chi connectivity index (χ1v) is 6.20. The zero-order valence-corrected chi connectivity index (χ0v) is 11.1. The number of aryl methyl sites for hydroxylation is 2. The quantitative estimate of drug-likeness (QED) is 0.746. The minimum atomic E-state index is -0.370. The second-order valence-corrected chi connectivity index (χ2v) is 4.53. The van der Waals surface area contributed by atoms with Crippen molar-refractivity contribution in [3.63, 3.8) is 0 Å². The standard InChI is InChI=1S/C15H14ClFO/c1-3-11-8-13(6-4-10(11)2)18-15-7-5-12(17)9-14(15)16/h4-9H,3H2,1-2H3. The summed E-state index contributed by atoms with van der Waals surface area (Å²) in [6.07, 6.45) is 0.945. The molecule has 18 heavy (non-hydrogen) atoms. The van der Waals surface area contributed by atoms with Crippen LogP contribution >= 0.6 is 11.6 Å². The first-order valence-electron chi connectivity index (χ1n) is 5.82. The SMILES string of the molecule is CCc1cc(Oc2ccc(F)cc2Cl)ccc1C. The zero-order valence-electron chi connectivity index (χ0n) is 10.3. The van der Waals surface area contributed by atoms with Crippen LogP contribution in [0.25, 0.3) is 0 Å². The average Bonchev–Trinajstić information content (AvgIpc) is 2.35. The fraction of sp³-hybridized carbons (Fsp3) is 0.200. The Kier molecular flexibility index (Phi) is 3.87. The molecule has 3 heteroatoms. The van der Waals surface area contributed by atoms with E-state index in [0.717, 1.165) is 6.42 Å². The molecule has 0 fully saturated rings. The van der Waals surface area contributed by atoms with Crippen LogP contribution in [0, 0.1) is 12.7 Å². The van der Waals surface area contributed by atoms with Crippen molar-refractivity contribution in [2.45, 2.75) is 20.3 Å². The predicted octanol–water partition coefficient (Wildman–Crippen LogP) is 5.14. The van der Waals surface area contributed by atoms with Crippen molar-refractivity contribution in [2.24, 2.45) is 0 Å². The van der Waals surface area contributed by atoms with Crippen molar-refractivity contribution >= 4 is 11.6 Å². The molecule has 0 atom stereocenters. The van der Waals surface area contributed by atoms with Crippen molar-refractivity contribution < 1.29 is 9.13 Å². The molecular formula is C15H14ClFO. The van der Waals surface area contributed by atoms with E-state index in [1.807, 2.05) is 18.2 Å². The maximum absolute atomic E-state index is 12.9. The molecule has 1 nitrogen and oxygen atoms in total. The molecule has 0 radical (unpaired) electrons. The van der Waals surface area contributed by atoms with Crippen LogP contribution in [0.15, 0.2) is 36.4 Å². The number of hydrogen-bond acceptors (Lipinski definition) is 1. The van der Waals surface area contributed by atoms with E-state index in [-0.39, 0.29) is 10.8 Å². The molecule has 0 spiro atoms. The Labute approximate surface area is 111 Å². The van der Waals surface area contributed by atoms with E-state index in [1.54, 1.807) is 0 Å². The van der Waals surface area contributed by atoms with Crippen molar-refractivity contribution in [2.75, 3.05) is 0 Å². The van der Waals surface area contributed by atoms with E-state index >= 15 is 0 Å². The average molecular weight is 265 g/mol. The molecule has 0 aromatic heterocycles. The number of benzene rings is 2. The molecule has 2 aromatic carbocycles. The van der Waals surface area contributed by atoms with Crippen LogP contribution in [0.3, 0.4) is 0 Å². The molecule has 0 bridgehead atoms. The Bertz CT molecular complexity index is 566. The van der Waals surface area contributed by atoms with E-state index in [2.05, 4.69) is 13.8 Å². The number of halogens is 2. The molecule has 0 aliphatic heterocycles. The monoisotopic (exact) mass is 264 g/mol. The Hall–Kier alpha value is -1.54. The summed E-state index contributed by atoms with van der Waals surface area (Å²) in [6, 6.07) is 9.97. The summed E-state index contributed by atoms with van der Waals surface area (Å²) >= 11 is 5.92. The molecule has 94 valence electrons. The summed E-state index contributed by atoms with van der Waals surface area (Å²) in [6.45, 7) is 4.16. The van der Waals surface area contributed by atoms with Gasteiger partial charge in [-0.25, -0.2) is 4.39 Å². The van der Waals surface area contributed by atoms with Gasteiger partial charge in [-0.1, -0.05) is 24.6 Å². The summed E-state index contributed by atoms with van der Waals surface area (Å²) in [5.74, 6) is 0.806. The van der Waals surface area contributed by atoms with Gasteiger partial charge < -0.3 is 4.74 Å². The van der Waals surface area contributed by atoms with Gasteiger partial charge in [-0.05, 0) is 54.8 Å². The highest BCUT2D eigenvalue weighted by atomic mass is 35.5. The number of ether oxygens (including phenoxy) is 1. The minimum absolute atomic E-state index is 0.272. The molecule has 2 rings (SSSR count). The van der Waals surface area contributed by atoms with Gasteiger partial charge in [0.1, 0.15) is 17.3 Å². The Morgan fingerprint density at radius 1 is 1.17 bits per heavy atom. The molecule has 0 aliphatic rings. The lowest BCUT2D eigenvalue weighted by molar-refractivity contribution is 0.480. The van der Waals surface area contributed by atoms with Gasteiger partial charge in [-0.3, -0.25) is 0 Å². The second kappa shape index (κ2) is 5.40. The smallest absolute Gasteiger partial charge is 0.146 e. The summed E-state index contributed by atoms with van der Waals surface area (Å²) < 4.78 is 18.6. The summed E-state index contributed by atoms with van der Waals surface area (Å²) in [5.41, 5.74) is 2.46. The van der Waals surface area contributed by atoms with Crippen molar-refractivity contribution in [1.29, 1.82) is 0 Å². The normalized spacial score (nSPS) is 10.4. The summed E-state index contributed by atoms with van der Waals surface area (Å²) in [5, 5.41) is 0.272. The van der Waals surface area contributed by atoms with Gasteiger partial charge in [-0.2, -0.15) is 0 Å². The van der Waals surface area contributed by atoms with Crippen molar-refractivity contribution in [1.82, 2.24) is 0 Å². The zero-order chi connectivity index (χ0) is 13.1. The number of hydrogen-bond donors (Lipinski definition) is 0. The third-order valence-electron chi connectivity index (χ3n) is 2.82. The van der Waals surface area contributed by atoms with Crippen LogP contribution in [0.5, 0.6) is 11.5 Å². The largest absolute Gasteiger partial charge is 0.456 e. The van der Waals surface area contributed by atoms with E-state index in [4.69, 9.17) is 16.3 Å². The summed E-state index contributed by atoms with van der Waals surface area (Å²) in [4.78, 5) is 0. The van der Waals surface area contributed by atoms with Gasteiger partial charge in [0.2, 0.25) is 0 Å². The molecule has 0 aliphatic carbocycles. The van der Waals surface area contributed by atoms with Crippen LogP contribution in [0.2, 0.25) is 5.02 Å². The third kappa shape index (κ3) is 2.82. The molecule has 0 N–H and O–H groups in total. The van der Waals surface area contributed by atoms with E-state index in [0.29, 0.717) is 11.5 Å². The second-order valence-electron chi connectivity index (χ2n) is 4.12. The highest BCUT2D eigenvalue weighted by Crippen LogP contribution is 2.30. The minimum Gasteiger partial charge on any atom is -0.456 e. The van der Waals surface area contributed by atoms with Gasteiger partial charge in [0.05, 0.1) is 5.02 Å². The lowest BCUT2D eigenvalue weighted by Crippen LogP contribution is -1.90. The van der Waals surface area contributed by atoms with Crippen LogP contribution in [-0.4, -0.2) is 0 Å². The lowest BCUT2D eigenvalue weighted by Gasteiger charge is -2.10. The van der Waals surface area contributed by atoms with E-state index in [1.165, 1.54) is 29.3 Å². The molecule has 0 heterocycles. The van der Waals surface area contributed by atoms with Gasteiger partial charge >= 0.3 is 0 Å². The Morgan fingerprint density at radius 2 is 1.94 bits per heavy atom. The molecule has 0 amide bonds. The third-order valence-corrected chi connectivity index (χ3v) is 3.12. The maximum Gasteiger partial charge on any atom is 0.146 e. The molecule has 0 unspecified atom stereocenters.